The van der Waals surface area contributed by atoms with Crippen molar-refractivity contribution in [3.05, 3.63) is 46.7 Å². The van der Waals surface area contributed by atoms with E-state index in [1.54, 1.807) is 11.3 Å². The molecule has 0 fully saturated rings. The molecule has 4 nitrogen and oxygen atoms in total. The van der Waals surface area contributed by atoms with Crippen molar-refractivity contribution in [1.29, 1.82) is 0 Å². The lowest BCUT2D eigenvalue weighted by molar-refractivity contribution is 0.432. The van der Waals surface area contributed by atoms with E-state index in [0.29, 0.717) is 18.3 Å². The topological polar surface area (TPSA) is 64.9 Å². The van der Waals surface area contributed by atoms with E-state index < -0.39 is 0 Å². The third-order valence-corrected chi connectivity index (χ3v) is 3.52. The van der Waals surface area contributed by atoms with E-state index in [2.05, 4.69) is 10.1 Å². The lowest BCUT2D eigenvalue weighted by Gasteiger charge is -1.98. The molecule has 2 heterocycles. The Hall–Kier alpha value is -1.98. The Kier molecular flexibility index (Phi) is 3.39. The fourth-order valence-corrected chi connectivity index (χ4v) is 2.46. The molecule has 0 aliphatic heterocycles. The summed E-state index contributed by atoms with van der Waals surface area (Å²) in [7, 11) is 0. The number of nitrogens with zero attached hydrogens (tertiary/aromatic N) is 2. The van der Waals surface area contributed by atoms with Crippen molar-refractivity contribution in [3.8, 4) is 22.8 Å². The zero-order valence-electron chi connectivity index (χ0n) is 10.2. The van der Waals surface area contributed by atoms with Gasteiger partial charge < -0.3 is 10.3 Å². The molecule has 0 unspecified atom stereocenters. The molecule has 0 saturated carbocycles. The van der Waals surface area contributed by atoms with Crippen molar-refractivity contribution < 1.29 is 4.52 Å². The number of rotatable bonds is 4. The Balaban J connectivity index is 1.86. The van der Waals surface area contributed by atoms with Crippen LogP contribution in [0.3, 0.4) is 0 Å². The molecule has 1 aromatic carbocycles. The van der Waals surface area contributed by atoms with Crippen LogP contribution < -0.4 is 5.73 Å². The molecule has 96 valence electrons. The second kappa shape index (κ2) is 5.34. The maximum absolute atomic E-state index is 5.53. The minimum atomic E-state index is 0.542. The van der Waals surface area contributed by atoms with Crippen LogP contribution in [0.4, 0.5) is 0 Å². The molecule has 0 atom stereocenters. The molecular formula is C14H13N3OS. The van der Waals surface area contributed by atoms with Gasteiger partial charge in [0, 0.05) is 16.5 Å². The van der Waals surface area contributed by atoms with Crippen LogP contribution in [0.1, 0.15) is 5.56 Å². The molecule has 0 amide bonds. The first-order valence-electron chi connectivity index (χ1n) is 6.02. The average molecular weight is 271 g/mol. The first-order valence-corrected chi connectivity index (χ1v) is 6.97. The molecule has 3 aromatic rings. The first-order chi connectivity index (χ1) is 9.36. The fraction of sp³-hybridized carbons (Fsp3) is 0.143. The highest BCUT2D eigenvalue weighted by Gasteiger charge is 2.10. The highest BCUT2D eigenvalue weighted by Crippen LogP contribution is 2.23. The molecule has 19 heavy (non-hydrogen) atoms. The van der Waals surface area contributed by atoms with E-state index in [4.69, 9.17) is 10.3 Å². The maximum atomic E-state index is 5.53. The van der Waals surface area contributed by atoms with Gasteiger partial charge in [0.05, 0.1) is 0 Å². The molecule has 0 radical (unpaired) electrons. The van der Waals surface area contributed by atoms with Gasteiger partial charge in [-0.2, -0.15) is 16.3 Å². The zero-order chi connectivity index (χ0) is 13.1. The summed E-state index contributed by atoms with van der Waals surface area (Å²) in [5.41, 5.74) is 8.65. The fourth-order valence-electron chi connectivity index (χ4n) is 1.83. The van der Waals surface area contributed by atoms with E-state index in [1.807, 2.05) is 41.1 Å². The summed E-state index contributed by atoms with van der Waals surface area (Å²) in [6.45, 7) is 0.655. The monoisotopic (exact) mass is 271 g/mol. The third-order valence-electron chi connectivity index (χ3n) is 2.84. The molecule has 3 rings (SSSR count). The summed E-state index contributed by atoms with van der Waals surface area (Å²) in [4.78, 5) is 4.40. The van der Waals surface area contributed by atoms with Gasteiger partial charge in [0.25, 0.3) is 5.89 Å². The zero-order valence-corrected chi connectivity index (χ0v) is 11.1. The van der Waals surface area contributed by atoms with Gasteiger partial charge >= 0.3 is 0 Å². The molecule has 0 spiro atoms. The van der Waals surface area contributed by atoms with Gasteiger partial charge in [-0.3, -0.25) is 0 Å². The molecule has 0 aliphatic rings. The summed E-state index contributed by atoms with van der Waals surface area (Å²) in [6.07, 6.45) is 0.879. The van der Waals surface area contributed by atoms with Gasteiger partial charge in [-0.05, 0) is 42.1 Å². The van der Waals surface area contributed by atoms with Gasteiger partial charge in [-0.25, -0.2) is 0 Å². The van der Waals surface area contributed by atoms with E-state index in [0.717, 1.165) is 17.5 Å². The number of thiophene rings is 1. The molecule has 0 saturated heterocycles. The van der Waals surface area contributed by atoms with Crippen molar-refractivity contribution in [3.63, 3.8) is 0 Å². The van der Waals surface area contributed by atoms with E-state index in [-0.39, 0.29) is 0 Å². The predicted octanol–water partition coefficient (Wildman–Crippen LogP) is 2.97. The smallest absolute Gasteiger partial charge is 0.258 e. The Morgan fingerprint density at radius 3 is 2.63 bits per heavy atom. The Labute approximate surface area is 114 Å². The third kappa shape index (κ3) is 2.57. The molecule has 2 aromatic heterocycles. The normalized spacial score (nSPS) is 10.8. The molecule has 0 bridgehead atoms. The number of benzene rings is 1. The summed E-state index contributed by atoms with van der Waals surface area (Å²) >= 11 is 1.61. The SMILES string of the molecule is NCCc1ccc(-c2nc(-c3ccsc3)no2)cc1. The molecule has 2 N–H and O–H groups in total. The highest BCUT2D eigenvalue weighted by atomic mass is 32.1. The summed E-state index contributed by atoms with van der Waals surface area (Å²) in [6, 6.07) is 10.0. The lowest BCUT2D eigenvalue weighted by Crippen LogP contribution is -2.02. The van der Waals surface area contributed by atoms with Crippen molar-refractivity contribution in [2.75, 3.05) is 6.54 Å². The van der Waals surface area contributed by atoms with Crippen LogP contribution in [0, 0.1) is 0 Å². The van der Waals surface area contributed by atoms with E-state index >= 15 is 0 Å². The van der Waals surface area contributed by atoms with Crippen LogP contribution in [-0.4, -0.2) is 16.7 Å². The quantitative estimate of drug-likeness (QED) is 0.792. The van der Waals surface area contributed by atoms with Crippen LogP contribution in [0.15, 0.2) is 45.6 Å². The standard InChI is InChI=1S/C14H13N3OS/c15-7-5-10-1-3-11(4-2-10)14-16-13(17-18-14)12-6-8-19-9-12/h1-4,6,8-9H,5,7,15H2. The summed E-state index contributed by atoms with van der Waals surface area (Å²) in [5.74, 6) is 1.17. The average Bonchev–Trinajstić information content (AvgIpc) is 3.11. The number of nitrogens with two attached hydrogens (primary N) is 1. The van der Waals surface area contributed by atoms with E-state index in [1.165, 1.54) is 5.56 Å². The molecule has 0 aliphatic carbocycles. The predicted molar refractivity (Wildman–Crippen MR) is 75.8 cm³/mol. The Morgan fingerprint density at radius 2 is 1.95 bits per heavy atom. The van der Waals surface area contributed by atoms with Gasteiger partial charge in [0.2, 0.25) is 5.82 Å². The lowest BCUT2D eigenvalue weighted by atomic mass is 10.1. The van der Waals surface area contributed by atoms with Crippen molar-refractivity contribution in [2.24, 2.45) is 5.73 Å². The van der Waals surface area contributed by atoms with Gasteiger partial charge in [-0.15, -0.1) is 0 Å². The maximum Gasteiger partial charge on any atom is 0.258 e. The first kappa shape index (κ1) is 12.1. The van der Waals surface area contributed by atoms with Gasteiger partial charge in [-0.1, -0.05) is 17.3 Å². The van der Waals surface area contributed by atoms with Gasteiger partial charge in [0.1, 0.15) is 0 Å². The van der Waals surface area contributed by atoms with E-state index in [9.17, 15) is 0 Å². The van der Waals surface area contributed by atoms with Crippen molar-refractivity contribution in [1.82, 2.24) is 10.1 Å². The number of hydrogen-bond donors (Lipinski definition) is 1. The summed E-state index contributed by atoms with van der Waals surface area (Å²) < 4.78 is 5.29. The largest absolute Gasteiger partial charge is 0.334 e. The second-order valence-corrected chi connectivity index (χ2v) is 4.95. The van der Waals surface area contributed by atoms with Gasteiger partial charge in [0.15, 0.2) is 0 Å². The van der Waals surface area contributed by atoms with Crippen LogP contribution in [0.2, 0.25) is 0 Å². The minimum Gasteiger partial charge on any atom is -0.334 e. The summed E-state index contributed by atoms with van der Waals surface area (Å²) in [5, 5.41) is 7.99. The Morgan fingerprint density at radius 1 is 1.11 bits per heavy atom. The Bertz CT molecular complexity index is 644. The van der Waals surface area contributed by atoms with Crippen LogP contribution in [0.5, 0.6) is 0 Å². The van der Waals surface area contributed by atoms with Crippen molar-refractivity contribution >= 4 is 11.3 Å². The van der Waals surface area contributed by atoms with Crippen molar-refractivity contribution in [2.45, 2.75) is 6.42 Å². The number of aromatic nitrogens is 2. The minimum absolute atomic E-state index is 0.542. The highest BCUT2D eigenvalue weighted by molar-refractivity contribution is 7.08. The van der Waals surface area contributed by atoms with Crippen LogP contribution >= 0.6 is 11.3 Å². The molecular weight excluding hydrogens is 258 g/mol. The molecule has 5 heteroatoms. The number of hydrogen-bond acceptors (Lipinski definition) is 5. The van der Waals surface area contributed by atoms with Crippen LogP contribution in [-0.2, 0) is 6.42 Å². The second-order valence-electron chi connectivity index (χ2n) is 4.17. The van der Waals surface area contributed by atoms with Crippen LogP contribution in [0.25, 0.3) is 22.8 Å².